The van der Waals surface area contributed by atoms with E-state index in [0.29, 0.717) is 6.04 Å². The Morgan fingerprint density at radius 2 is 1.95 bits per heavy atom. The van der Waals surface area contributed by atoms with Crippen molar-refractivity contribution in [3.63, 3.8) is 0 Å². The van der Waals surface area contributed by atoms with Crippen LogP contribution in [0, 0.1) is 5.92 Å². The Bertz CT molecular complexity index is 518. The highest BCUT2D eigenvalue weighted by molar-refractivity contribution is 5.53. The van der Waals surface area contributed by atoms with Crippen LogP contribution in [0.2, 0.25) is 0 Å². The van der Waals surface area contributed by atoms with E-state index >= 15 is 0 Å². The fourth-order valence-electron chi connectivity index (χ4n) is 3.04. The van der Waals surface area contributed by atoms with Crippen LogP contribution in [0.5, 0.6) is 0 Å². The Hall–Kier alpha value is -1.77. The van der Waals surface area contributed by atoms with Gasteiger partial charge in [0, 0.05) is 24.1 Å². The van der Waals surface area contributed by atoms with E-state index in [1.54, 1.807) is 0 Å². The van der Waals surface area contributed by atoms with E-state index in [1.165, 1.54) is 25.7 Å². The highest BCUT2D eigenvalue weighted by Crippen LogP contribution is 2.35. The summed E-state index contributed by atoms with van der Waals surface area (Å²) in [4.78, 5) is 4.47. The predicted molar refractivity (Wildman–Crippen MR) is 78.6 cm³/mol. The lowest BCUT2D eigenvalue weighted by Gasteiger charge is -2.31. The molecule has 1 fully saturated rings. The Morgan fingerprint density at radius 3 is 2.74 bits per heavy atom. The summed E-state index contributed by atoms with van der Waals surface area (Å²) < 4.78 is 2.32. The summed E-state index contributed by atoms with van der Waals surface area (Å²) in [6, 6.07) is 10.8. The lowest BCUT2D eigenvalue weighted by atomic mass is 9.86. The quantitative estimate of drug-likeness (QED) is 0.882. The van der Waals surface area contributed by atoms with Crippen LogP contribution in [0.15, 0.2) is 42.7 Å². The van der Waals surface area contributed by atoms with Crippen molar-refractivity contribution >= 4 is 11.6 Å². The zero-order chi connectivity index (χ0) is 13.1. The van der Waals surface area contributed by atoms with Crippen LogP contribution >= 0.6 is 0 Å². The van der Waals surface area contributed by atoms with E-state index in [-0.39, 0.29) is 0 Å². The average Bonchev–Trinajstić information content (AvgIpc) is 2.88. The number of benzene rings is 1. The molecule has 3 rings (SSSR count). The van der Waals surface area contributed by atoms with Gasteiger partial charge in [-0.15, -0.1) is 0 Å². The van der Waals surface area contributed by atoms with Crippen LogP contribution in [0.25, 0.3) is 0 Å². The number of imidazole rings is 1. The largest absolute Gasteiger partial charge is 0.326 e. The van der Waals surface area contributed by atoms with Gasteiger partial charge in [0.25, 0.3) is 0 Å². The van der Waals surface area contributed by atoms with Crippen molar-refractivity contribution in [2.45, 2.75) is 38.6 Å². The summed E-state index contributed by atoms with van der Waals surface area (Å²) in [7, 11) is 0. The standard InChI is InChI=1S/C16H21N3/c1-13-7-5-6-10-15(13)19-12-11-17-16(19)18-14-8-3-2-4-9-14/h2-4,8-9,11-13,15H,5-7,10H2,1H3,(H,17,18). The first-order chi connectivity index (χ1) is 9.34. The smallest absolute Gasteiger partial charge is 0.207 e. The first kappa shape index (κ1) is 12.3. The number of para-hydroxylation sites is 1. The van der Waals surface area contributed by atoms with Crippen molar-refractivity contribution in [2.75, 3.05) is 5.32 Å². The molecule has 0 amide bonds. The summed E-state index contributed by atoms with van der Waals surface area (Å²) in [6.07, 6.45) is 9.30. The molecule has 1 aromatic carbocycles. The summed E-state index contributed by atoms with van der Waals surface area (Å²) in [6.45, 7) is 2.36. The molecule has 19 heavy (non-hydrogen) atoms. The molecular formula is C16H21N3. The Morgan fingerprint density at radius 1 is 1.16 bits per heavy atom. The number of anilines is 2. The zero-order valence-electron chi connectivity index (χ0n) is 11.4. The number of nitrogens with one attached hydrogen (secondary N) is 1. The highest BCUT2D eigenvalue weighted by Gasteiger charge is 2.24. The van der Waals surface area contributed by atoms with Gasteiger partial charge < -0.3 is 9.88 Å². The molecule has 0 spiro atoms. The molecule has 0 aliphatic heterocycles. The Balaban J connectivity index is 1.82. The normalized spacial score (nSPS) is 23.2. The van der Waals surface area contributed by atoms with Crippen molar-refractivity contribution < 1.29 is 0 Å². The average molecular weight is 255 g/mol. The van der Waals surface area contributed by atoms with E-state index in [4.69, 9.17) is 0 Å². The molecule has 0 radical (unpaired) electrons. The molecule has 2 atom stereocenters. The summed E-state index contributed by atoms with van der Waals surface area (Å²) >= 11 is 0. The molecule has 1 N–H and O–H groups in total. The molecule has 0 saturated heterocycles. The van der Waals surface area contributed by atoms with Gasteiger partial charge in [-0.25, -0.2) is 4.98 Å². The minimum atomic E-state index is 0.586. The lowest BCUT2D eigenvalue weighted by molar-refractivity contribution is 0.259. The molecule has 3 heteroatoms. The third kappa shape index (κ3) is 2.65. The third-order valence-electron chi connectivity index (χ3n) is 4.12. The summed E-state index contributed by atoms with van der Waals surface area (Å²) in [5, 5.41) is 3.42. The fraction of sp³-hybridized carbons (Fsp3) is 0.438. The minimum absolute atomic E-state index is 0.586. The topological polar surface area (TPSA) is 29.9 Å². The third-order valence-corrected chi connectivity index (χ3v) is 4.12. The lowest BCUT2D eigenvalue weighted by Crippen LogP contribution is -2.21. The maximum absolute atomic E-state index is 4.47. The molecule has 100 valence electrons. The fourth-order valence-corrected chi connectivity index (χ4v) is 3.04. The Kier molecular flexibility index (Phi) is 3.53. The van der Waals surface area contributed by atoms with Crippen molar-refractivity contribution in [2.24, 2.45) is 5.92 Å². The zero-order valence-corrected chi connectivity index (χ0v) is 11.4. The van der Waals surface area contributed by atoms with Gasteiger partial charge in [-0.3, -0.25) is 0 Å². The van der Waals surface area contributed by atoms with E-state index in [1.807, 2.05) is 24.4 Å². The second kappa shape index (κ2) is 5.47. The molecule has 0 bridgehead atoms. The first-order valence-corrected chi connectivity index (χ1v) is 7.19. The molecule has 2 unspecified atom stereocenters. The van der Waals surface area contributed by atoms with E-state index in [9.17, 15) is 0 Å². The maximum atomic E-state index is 4.47. The van der Waals surface area contributed by atoms with Crippen molar-refractivity contribution in [3.05, 3.63) is 42.7 Å². The van der Waals surface area contributed by atoms with Gasteiger partial charge in [0.05, 0.1) is 0 Å². The van der Waals surface area contributed by atoms with Crippen molar-refractivity contribution in [3.8, 4) is 0 Å². The number of nitrogens with zero attached hydrogens (tertiary/aromatic N) is 2. The molecular weight excluding hydrogens is 234 g/mol. The molecule has 1 saturated carbocycles. The molecule has 1 heterocycles. The van der Waals surface area contributed by atoms with Gasteiger partial charge >= 0.3 is 0 Å². The van der Waals surface area contributed by atoms with Crippen LogP contribution in [-0.4, -0.2) is 9.55 Å². The maximum Gasteiger partial charge on any atom is 0.207 e. The molecule has 2 aromatic rings. The number of hydrogen-bond donors (Lipinski definition) is 1. The first-order valence-electron chi connectivity index (χ1n) is 7.19. The van der Waals surface area contributed by atoms with Crippen molar-refractivity contribution in [1.82, 2.24) is 9.55 Å². The van der Waals surface area contributed by atoms with Gasteiger partial charge in [-0.05, 0) is 30.9 Å². The number of aromatic nitrogens is 2. The van der Waals surface area contributed by atoms with Gasteiger partial charge in [0.15, 0.2) is 0 Å². The van der Waals surface area contributed by atoms with Gasteiger partial charge in [-0.2, -0.15) is 0 Å². The van der Waals surface area contributed by atoms with Gasteiger partial charge in [0.1, 0.15) is 0 Å². The molecule has 1 aromatic heterocycles. The second-order valence-corrected chi connectivity index (χ2v) is 5.48. The van der Waals surface area contributed by atoms with Crippen LogP contribution in [-0.2, 0) is 0 Å². The second-order valence-electron chi connectivity index (χ2n) is 5.48. The molecule has 1 aliphatic carbocycles. The molecule has 1 aliphatic rings. The monoisotopic (exact) mass is 255 g/mol. The number of hydrogen-bond acceptors (Lipinski definition) is 2. The van der Waals surface area contributed by atoms with Crippen LogP contribution in [0.4, 0.5) is 11.6 Å². The van der Waals surface area contributed by atoms with E-state index in [2.05, 4.69) is 40.1 Å². The van der Waals surface area contributed by atoms with Crippen LogP contribution < -0.4 is 5.32 Å². The van der Waals surface area contributed by atoms with E-state index in [0.717, 1.165) is 17.6 Å². The number of rotatable bonds is 3. The van der Waals surface area contributed by atoms with E-state index < -0.39 is 0 Å². The highest BCUT2D eigenvalue weighted by atomic mass is 15.2. The summed E-state index contributed by atoms with van der Waals surface area (Å²) in [5.74, 6) is 1.70. The minimum Gasteiger partial charge on any atom is -0.326 e. The van der Waals surface area contributed by atoms with Crippen LogP contribution in [0.1, 0.15) is 38.6 Å². The van der Waals surface area contributed by atoms with Crippen molar-refractivity contribution in [1.29, 1.82) is 0 Å². The van der Waals surface area contributed by atoms with Crippen LogP contribution in [0.3, 0.4) is 0 Å². The predicted octanol–water partition coefficient (Wildman–Crippen LogP) is 4.38. The van der Waals surface area contributed by atoms with Gasteiger partial charge in [0.2, 0.25) is 5.95 Å². The molecule has 3 nitrogen and oxygen atoms in total. The van der Waals surface area contributed by atoms with Gasteiger partial charge in [-0.1, -0.05) is 38.0 Å². The summed E-state index contributed by atoms with van der Waals surface area (Å²) in [5.41, 5.74) is 1.10. The SMILES string of the molecule is CC1CCCCC1n1ccnc1Nc1ccccc1. The Labute approximate surface area is 114 Å².